The number of esters is 1. The number of hydrogen-bond donors (Lipinski definition) is 1. The van der Waals surface area contributed by atoms with Crippen LogP contribution in [0.25, 0.3) is 5.78 Å². The lowest BCUT2D eigenvalue weighted by Crippen LogP contribution is -2.03. The van der Waals surface area contributed by atoms with E-state index < -0.39 is 5.97 Å². The lowest BCUT2D eigenvalue weighted by atomic mass is 10.6. The number of methoxy groups -OCH3 is 1. The molecule has 0 aliphatic carbocycles. The van der Waals surface area contributed by atoms with Gasteiger partial charge < -0.3 is 4.74 Å². The second kappa shape index (κ2) is 3.18. The zero-order valence-electron chi connectivity index (χ0n) is 7.22. The van der Waals surface area contributed by atoms with Gasteiger partial charge in [0.15, 0.2) is 0 Å². The average molecular weight is 210 g/mol. The van der Waals surface area contributed by atoms with Crippen LogP contribution in [0.5, 0.6) is 0 Å². The van der Waals surface area contributed by atoms with Crippen LogP contribution in [0.15, 0.2) is 12.3 Å². The monoisotopic (exact) mass is 210 g/mol. The van der Waals surface area contributed by atoms with Gasteiger partial charge in [0.1, 0.15) is 4.64 Å². The number of aromatic amines is 1. The maximum absolute atomic E-state index is 11.1. The van der Waals surface area contributed by atoms with Crippen molar-refractivity contribution in [2.24, 2.45) is 0 Å². The summed E-state index contributed by atoms with van der Waals surface area (Å²) in [5.41, 5.74) is 0. The predicted octanol–water partition coefficient (Wildman–Crippen LogP) is 0.573. The molecule has 7 heteroatoms. The zero-order valence-corrected chi connectivity index (χ0v) is 8.04. The highest BCUT2D eigenvalue weighted by molar-refractivity contribution is 7.71. The van der Waals surface area contributed by atoms with E-state index in [0.29, 0.717) is 10.4 Å². The van der Waals surface area contributed by atoms with Gasteiger partial charge in [0.2, 0.25) is 5.82 Å². The summed E-state index contributed by atoms with van der Waals surface area (Å²) in [7, 11) is 1.28. The summed E-state index contributed by atoms with van der Waals surface area (Å²) in [5, 5.41) is 2.68. The first-order valence-corrected chi connectivity index (χ1v) is 4.15. The largest absolute Gasteiger partial charge is 0.463 e. The van der Waals surface area contributed by atoms with Gasteiger partial charge in [-0.1, -0.05) is 12.2 Å². The molecule has 2 aromatic heterocycles. The van der Waals surface area contributed by atoms with Gasteiger partial charge in [-0.25, -0.2) is 14.3 Å². The molecule has 1 N–H and O–H groups in total. The lowest BCUT2D eigenvalue weighted by Gasteiger charge is -1.90. The highest BCUT2D eigenvalue weighted by Crippen LogP contribution is 1.99. The van der Waals surface area contributed by atoms with Gasteiger partial charge in [-0.15, -0.1) is 0 Å². The minimum absolute atomic E-state index is 0.0808. The number of rotatable bonds is 1. The van der Waals surface area contributed by atoms with Crippen molar-refractivity contribution in [3.8, 4) is 0 Å². The quantitative estimate of drug-likeness (QED) is 0.550. The number of nitrogens with zero attached hydrogens (tertiary/aromatic N) is 3. The molecular weight excluding hydrogens is 204 g/mol. The van der Waals surface area contributed by atoms with Gasteiger partial charge >= 0.3 is 5.97 Å². The third-order valence-electron chi connectivity index (χ3n) is 1.64. The van der Waals surface area contributed by atoms with Crippen molar-refractivity contribution in [2.45, 2.75) is 0 Å². The number of hydrogen-bond acceptors (Lipinski definition) is 5. The Bertz CT molecular complexity index is 544. The van der Waals surface area contributed by atoms with E-state index >= 15 is 0 Å². The van der Waals surface area contributed by atoms with Crippen molar-refractivity contribution in [3.63, 3.8) is 0 Å². The molecule has 0 aliphatic rings. The number of aromatic nitrogens is 4. The van der Waals surface area contributed by atoms with Crippen LogP contribution in [0.3, 0.4) is 0 Å². The van der Waals surface area contributed by atoms with Crippen molar-refractivity contribution < 1.29 is 9.53 Å². The number of carbonyl (C=O) groups is 1. The van der Waals surface area contributed by atoms with Gasteiger partial charge in [0, 0.05) is 6.20 Å². The van der Waals surface area contributed by atoms with Crippen LogP contribution < -0.4 is 0 Å². The summed E-state index contributed by atoms with van der Waals surface area (Å²) in [6, 6.07) is 1.63. The van der Waals surface area contributed by atoms with E-state index in [9.17, 15) is 4.79 Å². The van der Waals surface area contributed by atoms with Crippen molar-refractivity contribution >= 4 is 24.0 Å². The first-order chi connectivity index (χ1) is 6.72. The molecule has 0 aromatic carbocycles. The van der Waals surface area contributed by atoms with Gasteiger partial charge in [-0.2, -0.15) is 4.98 Å². The van der Waals surface area contributed by atoms with Crippen LogP contribution in [0.4, 0.5) is 0 Å². The first kappa shape index (κ1) is 8.82. The minimum Gasteiger partial charge on any atom is -0.463 e. The first-order valence-electron chi connectivity index (χ1n) is 3.74. The molecule has 0 aliphatic heterocycles. The van der Waals surface area contributed by atoms with E-state index in [2.05, 4.69) is 19.8 Å². The number of H-pyrrole nitrogens is 1. The molecule has 0 amide bonds. The fraction of sp³-hybridized carbons (Fsp3) is 0.143. The Hall–Kier alpha value is -1.76. The number of carbonyl (C=O) groups excluding carboxylic acids is 1. The fourth-order valence-corrected chi connectivity index (χ4v) is 1.19. The molecule has 0 unspecified atom stereocenters. The number of fused-ring (bicyclic) bond motifs is 1. The zero-order chi connectivity index (χ0) is 10.1. The van der Waals surface area contributed by atoms with Crippen molar-refractivity contribution in [1.29, 1.82) is 0 Å². The van der Waals surface area contributed by atoms with Crippen LogP contribution in [0, 0.1) is 4.64 Å². The summed E-state index contributed by atoms with van der Waals surface area (Å²) >= 11 is 4.99. The Morgan fingerprint density at radius 3 is 3.14 bits per heavy atom. The SMILES string of the molecule is COC(=O)c1nc2nccc(=S)n2[nH]1. The van der Waals surface area contributed by atoms with E-state index in [1.165, 1.54) is 17.8 Å². The van der Waals surface area contributed by atoms with Gasteiger partial charge in [0.25, 0.3) is 5.78 Å². The fourth-order valence-electron chi connectivity index (χ4n) is 1.00. The third kappa shape index (κ3) is 1.27. The lowest BCUT2D eigenvalue weighted by molar-refractivity contribution is 0.0587. The molecule has 0 bridgehead atoms. The van der Waals surface area contributed by atoms with Gasteiger partial charge in [-0.3, -0.25) is 5.10 Å². The molecule has 0 spiro atoms. The Labute approximate surface area is 83.5 Å². The maximum atomic E-state index is 11.1. The molecule has 0 saturated carbocycles. The highest BCUT2D eigenvalue weighted by atomic mass is 32.1. The summed E-state index contributed by atoms with van der Waals surface area (Å²) in [4.78, 5) is 18.9. The minimum atomic E-state index is -0.551. The Balaban J connectivity index is 2.68. The average Bonchev–Trinajstić information content (AvgIpc) is 2.62. The molecule has 2 heterocycles. The summed E-state index contributed by atoms with van der Waals surface area (Å²) in [6.45, 7) is 0. The Kier molecular flexibility index (Phi) is 2.01. The maximum Gasteiger partial charge on any atom is 0.375 e. The van der Waals surface area contributed by atoms with E-state index in [1.807, 2.05) is 0 Å². The van der Waals surface area contributed by atoms with Gasteiger partial charge in [0.05, 0.1) is 7.11 Å². The Morgan fingerprint density at radius 2 is 2.50 bits per heavy atom. The standard InChI is InChI=1S/C7H6N4O2S/c1-13-6(12)5-9-7-8-3-2-4(14)11(7)10-5/h2-3H,1H3,(H,8,9,10). The summed E-state index contributed by atoms with van der Waals surface area (Å²) < 4.78 is 6.43. The predicted molar refractivity (Wildman–Crippen MR) is 49.5 cm³/mol. The van der Waals surface area contributed by atoms with Crippen molar-refractivity contribution in [2.75, 3.05) is 7.11 Å². The molecule has 72 valence electrons. The summed E-state index contributed by atoms with van der Waals surface area (Å²) in [5.74, 6) is -0.125. The second-order valence-electron chi connectivity index (χ2n) is 2.48. The number of nitrogens with one attached hydrogen (secondary N) is 1. The molecule has 0 radical (unpaired) electrons. The molecular formula is C7H6N4O2S. The van der Waals surface area contributed by atoms with E-state index in [-0.39, 0.29) is 5.82 Å². The van der Waals surface area contributed by atoms with Gasteiger partial charge in [-0.05, 0) is 6.07 Å². The van der Waals surface area contributed by atoms with Crippen molar-refractivity contribution in [1.82, 2.24) is 19.6 Å². The highest BCUT2D eigenvalue weighted by Gasteiger charge is 2.11. The van der Waals surface area contributed by atoms with Crippen LogP contribution in [-0.4, -0.2) is 32.7 Å². The molecule has 14 heavy (non-hydrogen) atoms. The summed E-state index contributed by atoms with van der Waals surface area (Å²) in [6.07, 6.45) is 1.53. The normalized spacial score (nSPS) is 10.4. The molecule has 6 nitrogen and oxygen atoms in total. The molecule has 0 saturated heterocycles. The van der Waals surface area contributed by atoms with Crippen LogP contribution in [0.2, 0.25) is 0 Å². The van der Waals surface area contributed by atoms with Crippen LogP contribution >= 0.6 is 12.2 Å². The molecule has 0 atom stereocenters. The van der Waals surface area contributed by atoms with Crippen LogP contribution in [0.1, 0.15) is 10.6 Å². The molecule has 0 fully saturated rings. The molecule has 2 rings (SSSR count). The topological polar surface area (TPSA) is 72.3 Å². The van der Waals surface area contributed by atoms with E-state index in [1.54, 1.807) is 6.07 Å². The van der Waals surface area contributed by atoms with E-state index in [0.717, 1.165) is 0 Å². The van der Waals surface area contributed by atoms with E-state index in [4.69, 9.17) is 12.2 Å². The third-order valence-corrected chi connectivity index (χ3v) is 1.95. The Morgan fingerprint density at radius 1 is 1.71 bits per heavy atom. The number of ether oxygens (including phenoxy) is 1. The second-order valence-corrected chi connectivity index (χ2v) is 2.90. The van der Waals surface area contributed by atoms with Crippen molar-refractivity contribution in [3.05, 3.63) is 22.7 Å². The van der Waals surface area contributed by atoms with Crippen LogP contribution in [-0.2, 0) is 4.74 Å². The molecule has 2 aromatic rings. The smallest absolute Gasteiger partial charge is 0.375 e.